The highest BCUT2D eigenvalue weighted by molar-refractivity contribution is 5.94. The summed E-state index contributed by atoms with van der Waals surface area (Å²) in [7, 11) is 0. The fourth-order valence-electron chi connectivity index (χ4n) is 3.42. The van der Waals surface area contributed by atoms with Crippen molar-refractivity contribution in [2.45, 2.75) is 39.3 Å². The first-order chi connectivity index (χ1) is 14.8. The number of alkyl halides is 3. The summed E-state index contributed by atoms with van der Waals surface area (Å²) >= 11 is 0. The third kappa shape index (κ3) is 5.96. The summed E-state index contributed by atoms with van der Waals surface area (Å²) in [6.45, 7) is 6.07. The monoisotopic (exact) mass is 429 g/mol. The Morgan fingerprint density at radius 3 is 2.42 bits per heavy atom. The van der Waals surface area contributed by atoms with Crippen LogP contribution in [-0.2, 0) is 17.4 Å². The molecule has 4 nitrogen and oxygen atoms in total. The lowest BCUT2D eigenvalue weighted by Gasteiger charge is -2.21. The predicted molar refractivity (Wildman–Crippen MR) is 118 cm³/mol. The molecule has 0 fully saturated rings. The number of halogens is 3. The Kier molecular flexibility index (Phi) is 7.15. The molecule has 0 spiro atoms. The minimum Gasteiger partial charge on any atom is -0.357 e. The first kappa shape index (κ1) is 22.6. The molecule has 0 aliphatic carbocycles. The number of pyridine rings is 1. The number of aromatic nitrogens is 1. The van der Waals surface area contributed by atoms with Crippen LogP contribution in [0.2, 0.25) is 0 Å². The Morgan fingerprint density at radius 1 is 1.03 bits per heavy atom. The standard InChI is InChI=1S/C24H26F3N3O/c1-3-15-30(4-2)22-13-8-18-16-20(11-12-21(18)29-22)28-23(31)14-7-17-5-9-19(10-6-17)24(25,26)27/h5-6,8-13,16H,3-4,7,14-15H2,1-2H3,(H,28,31). The van der Waals surface area contributed by atoms with Gasteiger partial charge >= 0.3 is 6.18 Å². The van der Waals surface area contributed by atoms with E-state index in [9.17, 15) is 18.0 Å². The van der Waals surface area contributed by atoms with Crippen molar-refractivity contribution >= 4 is 28.3 Å². The maximum absolute atomic E-state index is 12.6. The molecule has 2 aromatic carbocycles. The summed E-state index contributed by atoms with van der Waals surface area (Å²) in [6.07, 6.45) is -2.76. The van der Waals surface area contributed by atoms with Crippen LogP contribution in [0.4, 0.5) is 24.7 Å². The van der Waals surface area contributed by atoms with Gasteiger partial charge in [-0.15, -0.1) is 0 Å². The van der Waals surface area contributed by atoms with Crippen LogP contribution in [0.25, 0.3) is 10.9 Å². The Bertz CT molecular complexity index is 1030. The molecule has 0 atom stereocenters. The number of hydrogen-bond donors (Lipinski definition) is 1. The van der Waals surface area contributed by atoms with Crippen molar-refractivity contribution in [1.82, 2.24) is 4.98 Å². The van der Waals surface area contributed by atoms with Gasteiger partial charge in [0.15, 0.2) is 0 Å². The van der Waals surface area contributed by atoms with Crippen LogP contribution >= 0.6 is 0 Å². The number of aryl methyl sites for hydroxylation is 1. The smallest absolute Gasteiger partial charge is 0.357 e. The molecule has 1 heterocycles. The van der Waals surface area contributed by atoms with E-state index in [0.717, 1.165) is 48.4 Å². The second-order valence-electron chi connectivity index (χ2n) is 7.40. The molecular weight excluding hydrogens is 403 g/mol. The number of carbonyl (C=O) groups is 1. The van der Waals surface area contributed by atoms with E-state index in [2.05, 4.69) is 24.1 Å². The van der Waals surface area contributed by atoms with Gasteiger partial charge in [-0.1, -0.05) is 19.1 Å². The van der Waals surface area contributed by atoms with Gasteiger partial charge < -0.3 is 10.2 Å². The van der Waals surface area contributed by atoms with E-state index in [1.54, 1.807) is 0 Å². The quantitative estimate of drug-likeness (QED) is 0.473. The first-order valence-corrected chi connectivity index (χ1v) is 10.4. The van der Waals surface area contributed by atoms with Crippen molar-refractivity contribution in [2.75, 3.05) is 23.3 Å². The van der Waals surface area contributed by atoms with Gasteiger partial charge in [0.1, 0.15) is 5.82 Å². The molecule has 0 aliphatic rings. The average Bonchev–Trinajstić information content (AvgIpc) is 2.75. The molecule has 3 aromatic rings. The normalized spacial score (nSPS) is 11.5. The van der Waals surface area contributed by atoms with Gasteiger partial charge in [0, 0.05) is 30.6 Å². The second-order valence-corrected chi connectivity index (χ2v) is 7.40. The third-order valence-electron chi connectivity index (χ3n) is 5.08. The molecule has 7 heteroatoms. The first-order valence-electron chi connectivity index (χ1n) is 10.4. The summed E-state index contributed by atoms with van der Waals surface area (Å²) in [4.78, 5) is 19.2. The highest BCUT2D eigenvalue weighted by Crippen LogP contribution is 2.29. The topological polar surface area (TPSA) is 45.2 Å². The number of fused-ring (bicyclic) bond motifs is 1. The van der Waals surface area contributed by atoms with Gasteiger partial charge in [0.2, 0.25) is 5.91 Å². The van der Waals surface area contributed by atoms with Crippen LogP contribution in [-0.4, -0.2) is 24.0 Å². The van der Waals surface area contributed by atoms with Crippen LogP contribution in [0.1, 0.15) is 37.8 Å². The van der Waals surface area contributed by atoms with Crippen molar-refractivity contribution in [3.63, 3.8) is 0 Å². The Morgan fingerprint density at radius 2 is 1.77 bits per heavy atom. The van der Waals surface area contributed by atoms with E-state index < -0.39 is 11.7 Å². The highest BCUT2D eigenvalue weighted by atomic mass is 19.4. The predicted octanol–water partition coefficient (Wildman–Crippen LogP) is 6.06. The molecule has 0 aliphatic heterocycles. The summed E-state index contributed by atoms with van der Waals surface area (Å²) in [5.41, 5.74) is 1.52. The molecule has 0 saturated heterocycles. The van der Waals surface area contributed by atoms with E-state index in [0.29, 0.717) is 17.7 Å². The van der Waals surface area contributed by atoms with Crippen molar-refractivity contribution in [3.05, 3.63) is 65.7 Å². The molecule has 0 radical (unpaired) electrons. The van der Waals surface area contributed by atoms with Gasteiger partial charge in [0.05, 0.1) is 11.1 Å². The molecule has 31 heavy (non-hydrogen) atoms. The van der Waals surface area contributed by atoms with Crippen LogP contribution in [0.15, 0.2) is 54.6 Å². The van der Waals surface area contributed by atoms with Gasteiger partial charge in [-0.05, 0) is 67.8 Å². The lowest BCUT2D eigenvalue weighted by atomic mass is 10.1. The lowest BCUT2D eigenvalue weighted by molar-refractivity contribution is -0.137. The van der Waals surface area contributed by atoms with Crippen molar-refractivity contribution < 1.29 is 18.0 Å². The van der Waals surface area contributed by atoms with E-state index in [1.165, 1.54) is 12.1 Å². The summed E-state index contributed by atoms with van der Waals surface area (Å²) in [5, 5.41) is 3.78. The molecule has 1 aromatic heterocycles. The zero-order valence-electron chi connectivity index (χ0n) is 17.7. The second kappa shape index (κ2) is 9.81. The Labute approximate surface area is 180 Å². The summed E-state index contributed by atoms with van der Waals surface area (Å²) < 4.78 is 37.9. The third-order valence-corrected chi connectivity index (χ3v) is 5.08. The Balaban J connectivity index is 1.61. The maximum Gasteiger partial charge on any atom is 0.416 e. The fourth-order valence-corrected chi connectivity index (χ4v) is 3.42. The number of anilines is 2. The zero-order chi connectivity index (χ0) is 22.4. The molecule has 1 amide bonds. The van der Waals surface area contributed by atoms with Gasteiger partial charge in [0.25, 0.3) is 0 Å². The molecule has 0 saturated carbocycles. The largest absolute Gasteiger partial charge is 0.416 e. The number of benzene rings is 2. The average molecular weight is 429 g/mol. The van der Waals surface area contributed by atoms with E-state index in [1.807, 2.05) is 30.3 Å². The van der Waals surface area contributed by atoms with Crippen molar-refractivity contribution in [3.8, 4) is 0 Å². The molecule has 1 N–H and O–H groups in total. The number of carbonyl (C=O) groups excluding carboxylic acids is 1. The highest BCUT2D eigenvalue weighted by Gasteiger charge is 2.29. The minimum atomic E-state index is -4.35. The summed E-state index contributed by atoms with van der Waals surface area (Å²) in [6, 6.07) is 14.4. The molecule has 0 unspecified atom stereocenters. The van der Waals surface area contributed by atoms with E-state index >= 15 is 0 Å². The maximum atomic E-state index is 12.6. The SMILES string of the molecule is CCCN(CC)c1ccc2cc(NC(=O)CCc3ccc(C(F)(F)F)cc3)ccc2n1. The van der Waals surface area contributed by atoms with Crippen LogP contribution < -0.4 is 10.2 Å². The molecule has 3 rings (SSSR count). The van der Waals surface area contributed by atoms with Gasteiger partial charge in [-0.2, -0.15) is 13.2 Å². The molecular formula is C24H26F3N3O. The van der Waals surface area contributed by atoms with Crippen LogP contribution in [0, 0.1) is 0 Å². The van der Waals surface area contributed by atoms with E-state index in [4.69, 9.17) is 4.98 Å². The number of nitrogens with zero attached hydrogens (tertiary/aromatic N) is 2. The number of rotatable bonds is 8. The number of amides is 1. The van der Waals surface area contributed by atoms with Gasteiger partial charge in [-0.25, -0.2) is 4.98 Å². The number of nitrogens with one attached hydrogen (secondary N) is 1. The van der Waals surface area contributed by atoms with Crippen molar-refractivity contribution in [1.29, 1.82) is 0 Å². The van der Waals surface area contributed by atoms with Gasteiger partial charge in [-0.3, -0.25) is 4.79 Å². The van der Waals surface area contributed by atoms with Crippen molar-refractivity contribution in [2.24, 2.45) is 0 Å². The molecule has 164 valence electrons. The van der Waals surface area contributed by atoms with Crippen LogP contribution in [0.5, 0.6) is 0 Å². The van der Waals surface area contributed by atoms with E-state index in [-0.39, 0.29) is 12.3 Å². The Hall–Kier alpha value is -3.09. The number of hydrogen-bond acceptors (Lipinski definition) is 3. The lowest BCUT2D eigenvalue weighted by Crippen LogP contribution is -2.24. The van der Waals surface area contributed by atoms with Crippen LogP contribution in [0.3, 0.4) is 0 Å². The summed E-state index contributed by atoms with van der Waals surface area (Å²) in [5.74, 6) is 0.745. The minimum absolute atomic E-state index is 0.184. The molecule has 0 bridgehead atoms. The fraction of sp³-hybridized carbons (Fsp3) is 0.333. The zero-order valence-corrected chi connectivity index (χ0v) is 17.7.